The standard InChI is InChI=1S/C22H24N6O3.C2H6O/c1-31-22(30)27-20-13-15(7-8-25-20)17(14-23)12-19(24)16-5-4-6-18(11-16)26-21(29)28-9-2-3-10-28;1-3-2/h4-8,11-14,23-24H,2-3,9-10H2,1H3,(H,26,29)(H,25,27,30);1-2H3/b17-12+,23-14?,24-19?;. The highest BCUT2D eigenvalue weighted by Gasteiger charge is 2.17. The summed E-state index contributed by atoms with van der Waals surface area (Å²) in [5.74, 6) is 0.273. The summed E-state index contributed by atoms with van der Waals surface area (Å²) in [5.41, 5.74) is 2.46. The number of methoxy groups -OCH3 is 2. The second kappa shape index (κ2) is 13.5. The number of aromatic nitrogens is 1. The molecule has 3 amide bonds. The number of rotatable bonds is 6. The average Bonchev–Trinajstić information content (AvgIpc) is 3.38. The molecule has 2 heterocycles. The molecule has 10 heteroatoms. The number of likely N-dealkylation sites (tertiary alicyclic amines) is 1. The monoisotopic (exact) mass is 466 g/mol. The first kappa shape index (κ1) is 26.2. The third-order valence-corrected chi connectivity index (χ3v) is 4.78. The molecule has 1 aliphatic rings. The summed E-state index contributed by atoms with van der Waals surface area (Å²) in [6, 6.07) is 10.2. The normalized spacial score (nSPS) is 12.8. The van der Waals surface area contributed by atoms with Crippen molar-refractivity contribution in [1.29, 1.82) is 10.8 Å². The van der Waals surface area contributed by atoms with Crippen LogP contribution in [0.3, 0.4) is 0 Å². The maximum atomic E-state index is 12.3. The largest absolute Gasteiger partial charge is 0.453 e. The van der Waals surface area contributed by atoms with E-state index in [0.29, 0.717) is 22.4 Å². The van der Waals surface area contributed by atoms with Gasteiger partial charge >= 0.3 is 12.1 Å². The zero-order valence-electron chi connectivity index (χ0n) is 19.6. The Kier molecular flexibility index (Phi) is 10.4. The maximum absolute atomic E-state index is 12.3. The van der Waals surface area contributed by atoms with E-state index in [4.69, 9.17) is 10.8 Å². The molecule has 34 heavy (non-hydrogen) atoms. The zero-order chi connectivity index (χ0) is 24.9. The third-order valence-electron chi connectivity index (χ3n) is 4.78. The maximum Gasteiger partial charge on any atom is 0.412 e. The van der Waals surface area contributed by atoms with Crippen LogP contribution in [0, 0.1) is 10.8 Å². The molecule has 0 atom stereocenters. The molecule has 0 saturated carbocycles. The molecule has 1 saturated heterocycles. The van der Waals surface area contributed by atoms with Crippen molar-refractivity contribution in [2.75, 3.05) is 45.1 Å². The molecule has 1 aromatic heterocycles. The van der Waals surface area contributed by atoms with Crippen molar-refractivity contribution in [3.8, 4) is 0 Å². The van der Waals surface area contributed by atoms with Crippen molar-refractivity contribution in [3.63, 3.8) is 0 Å². The van der Waals surface area contributed by atoms with E-state index in [0.717, 1.165) is 32.1 Å². The number of hydrogen-bond acceptors (Lipinski definition) is 7. The number of hydrogen-bond donors (Lipinski definition) is 4. The second-order valence-corrected chi connectivity index (χ2v) is 7.32. The molecule has 1 aliphatic heterocycles. The van der Waals surface area contributed by atoms with Crippen LogP contribution in [0.25, 0.3) is 5.57 Å². The van der Waals surface area contributed by atoms with Gasteiger partial charge in [-0.2, -0.15) is 0 Å². The van der Waals surface area contributed by atoms with Gasteiger partial charge in [-0.3, -0.25) is 5.32 Å². The minimum Gasteiger partial charge on any atom is -0.453 e. The van der Waals surface area contributed by atoms with Crippen molar-refractivity contribution < 1.29 is 19.1 Å². The molecule has 0 aliphatic carbocycles. The predicted molar refractivity (Wildman–Crippen MR) is 133 cm³/mol. The van der Waals surface area contributed by atoms with Crippen LogP contribution >= 0.6 is 0 Å². The van der Waals surface area contributed by atoms with E-state index in [1.54, 1.807) is 61.6 Å². The number of benzene rings is 1. The van der Waals surface area contributed by atoms with Crippen LogP contribution < -0.4 is 10.6 Å². The van der Waals surface area contributed by atoms with E-state index in [1.807, 2.05) is 0 Å². The van der Waals surface area contributed by atoms with Crippen molar-refractivity contribution in [2.45, 2.75) is 12.8 Å². The topological polar surface area (TPSA) is 140 Å². The fourth-order valence-electron chi connectivity index (χ4n) is 3.17. The van der Waals surface area contributed by atoms with Gasteiger partial charge in [-0.1, -0.05) is 12.1 Å². The molecule has 4 N–H and O–H groups in total. The van der Waals surface area contributed by atoms with Crippen LogP contribution in [0.2, 0.25) is 0 Å². The molecule has 0 radical (unpaired) electrons. The number of carbonyl (C=O) groups excluding carboxylic acids is 2. The Balaban J connectivity index is 0.00000129. The summed E-state index contributed by atoms with van der Waals surface area (Å²) >= 11 is 0. The van der Waals surface area contributed by atoms with Crippen molar-refractivity contribution in [1.82, 2.24) is 9.88 Å². The number of urea groups is 1. The number of pyridine rings is 1. The lowest BCUT2D eigenvalue weighted by atomic mass is 10.0. The lowest BCUT2D eigenvalue weighted by Crippen LogP contribution is -2.32. The first-order chi connectivity index (χ1) is 16.4. The van der Waals surface area contributed by atoms with Crippen LogP contribution in [0.15, 0.2) is 48.7 Å². The van der Waals surface area contributed by atoms with Crippen LogP contribution in [0.5, 0.6) is 0 Å². The van der Waals surface area contributed by atoms with Gasteiger partial charge in [0.05, 0.1) is 12.8 Å². The Morgan fingerprint density at radius 1 is 1.06 bits per heavy atom. The van der Waals surface area contributed by atoms with E-state index in [9.17, 15) is 9.59 Å². The number of nitrogens with one attached hydrogen (secondary N) is 4. The number of allylic oxidation sites excluding steroid dienone is 2. The van der Waals surface area contributed by atoms with Crippen molar-refractivity contribution in [2.24, 2.45) is 0 Å². The number of anilines is 2. The number of carbonyl (C=O) groups is 2. The van der Waals surface area contributed by atoms with Crippen LogP contribution in [0.1, 0.15) is 24.0 Å². The van der Waals surface area contributed by atoms with E-state index in [2.05, 4.69) is 25.1 Å². The van der Waals surface area contributed by atoms with Crippen LogP contribution in [-0.2, 0) is 9.47 Å². The highest BCUT2D eigenvalue weighted by molar-refractivity contribution is 6.20. The van der Waals surface area contributed by atoms with E-state index in [1.165, 1.54) is 13.3 Å². The SMILES string of the molecule is COC.COC(=O)Nc1cc(/C(C=N)=C/C(=N)c2cccc(NC(=O)N3CCCC3)c2)ccn1. The zero-order valence-corrected chi connectivity index (χ0v) is 19.6. The Hall–Kier alpha value is -4.05. The van der Waals surface area contributed by atoms with Gasteiger partial charge in [0.2, 0.25) is 0 Å². The molecule has 0 spiro atoms. The highest BCUT2D eigenvalue weighted by atomic mass is 16.5. The molecule has 0 unspecified atom stereocenters. The summed E-state index contributed by atoms with van der Waals surface area (Å²) in [7, 11) is 4.51. The smallest absolute Gasteiger partial charge is 0.412 e. The van der Waals surface area contributed by atoms with Crippen LogP contribution in [0.4, 0.5) is 21.1 Å². The molecule has 180 valence electrons. The first-order valence-corrected chi connectivity index (χ1v) is 10.6. The molecule has 1 fully saturated rings. The molecule has 10 nitrogen and oxygen atoms in total. The van der Waals surface area contributed by atoms with Gasteiger partial charge in [-0.15, -0.1) is 0 Å². The molecule has 3 rings (SSSR count). The Bertz CT molecular complexity index is 1050. The fourth-order valence-corrected chi connectivity index (χ4v) is 3.17. The van der Waals surface area contributed by atoms with Gasteiger partial charge in [0.25, 0.3) is 0 Å². The second-order valence-electron chi connectivity index (χ2n) is 7.32. The summed E-state index contributed by atoms with van der Waals surface area (Å²) < 4.78 is 8.81. The average molecular weight is 467 g/mol. The minimum atomic E-state index is -0.648. The summed E-state index contributed by atoms with van der Waals surface area (Å²) in [6.07, 6.45) is 5.56. The van der Waals surface area contributed by atoms with Gasteiger partial charge in [-0.05, 0) is 48.7 Å². The molecule has 1 aromatic carbocycles. The van der Waals surface area contributed by atoms with Crippen molar-refractivity contribution >= 4 is 41.1 Å². The first-order valence-electron chi connectivity index (χ1n) is 10.6. The van der Waals surface area contributed by atoms with E-state index < -0.39 is 6.09 Å². The van der Waals surface area contributed by atoms with Gasteiger partial charge in [-0.25, -0.2) is 14.6 Å². The fraction of sp³-hybridized carbons (Fsp3) is 0.292. The lowest BCUT2D eigenvalue weighted by molar-refractivity contribution is 0.187. The van der Waals surface area contributed by atoms with Gasteiger partial charge in [0.15, 0.2) is 0 Å². The molecule has 2 aromatic rings. The highest BCUT2D eigenvalue weighted by Crippen LogP contribution is 2.19. The predicted octanol–water partition coefficient (Wildman–Crippen LogP) is 4.25. The Labute approximate surface area is 199 Å². The molecular weight excluding hydrogens is 436 g/mol. The van der Waals surface area contributed by atoms with Gasteiger partial charge in [0.1, 0.15) is 5.82 Å². The number of nitrogens with zero attached hydrogens (tertiary/aromatic N) is 2. The summed E-state index contributed by atoms with van der Waals surface area (Å²) in [5, 5.41) is 21.5. The molecular formula is C24H30N6O4. The Morgan fingerprint density at radius 2 is 1.76 bits per heavy atom. The van der Waals surface area contributed by atoms with Gasteiger partial charge < -0.3 is 30.5 Å². The number of ether oxygens (including phenoxy) is 2. The van der Waals surface area contributed by atoms with Gasteiger partial charge in [0, 0.05) is 56.5 Å². The molecule has 0 bridgehead atoms. The lowest BCUT2D eigenvalue weighted by Gasteiger charge is -2.16. The van der Waals surface area contributed by atoms with E-state index in [-0.39, 0.29) is 17.6 Å². The van der Waals surface area contributed by atoms with E-state index >= 15 is 0 Å². The Morgan fingerprint density at radius 3 is 2.41 bits per heavy atom. The summed E-state index contributed by atoms with van der Waals surface area (Å²) in [4.78, 5) is 29.5. The summed E-state index contributed by atoms with van der Waals surface area (Å²) in [6.45, 7) is 1.51. The van der Waals surface area contributed by atoms with Crippen molar-refractivity contribution in [3.05, 3.63) is 59.8 Å². The minimum absolute atomic E-state index is 0.140. The third kappa shape index (κ3) is 7.82. The van der Waals surface area contributed by atoms with Crippen LogP contribution in [-0.4, -0.2) is 68.4 Å². The number of amides is 3. The quantitative estimate of drug-likeness (QED) is 0.471.